The molecule has 3 atom stereocenters. The quantitative estimate of drug-likeness (QED) is 0.791. The highest BCUT2D eigenvalue weighted by Gasteiger charge is 2.39. The summed E-state index contributed by atoms with van der Waals surface area (Å²) in [6, 6.07) is 8.82. The summed E-state index contributed by atoms with van der Waals surface area (Å²) >= 11 is 0. The van der Waals surface area contributed by atoms with Crippen molar-refractivity contribution in [3.63, 3.8) is 0 Å². The van der Waals surface area contributed by atoms with Gasteiger partial charge in [0.25, 0.3) is 0 Å². The van der Waals surface area contributed by atoms with Crippen molar-refractivity contribution in [3.8, 4) is 0 Å². The summed E-state index contributed by atoms with van der Waals surface area (Å²) < 4.78 is 0. The molecule has 0 aliphatic heterocycles. The molecule has 124 valence electrons. The van der Waals surface area contributed by atoms with Gasteiger partial charge in [-0.2, -0.15) is 0 Å². The van der Waals surface area contributed by atoms with Crippen molar-refractivity contribution in [2.75, 3.05) is 0 Å². The predicted molar refractivity (Wildman–Crippen MR) is 88.0 cm³/mol. The highest BCUT2D eigenvalue weighted by molar-refractivity contribution is 6.50. The Morgan fingerprint density at radius 1 is 1.25 bits per heavy atom. The summed E-state index contributed by atoms with van der Waals surface area (Å²) in [6.07, 6.45) is 1.93. The second-order valence-corrected chi connectivity index (χ2v) is 6.18. The first-order chi connectivity index (χ1) is 11.5. The first-order valence-electron chi connectivity index (χ1n) is 7.84. The number of carboxylic acid groups (broad SMARTS) is 1. The lowest BCUT2D eigenvalue weighted by Crippen LogP contribution is -2.34. The molecule has 0 amide bonds. The molecular weight excluding hydrogens is 308 g/mol. The fraction of sp³-hybridized carbons (Fsp3) is 0.333. The van der Waals surface area contributed by atoms with Gasteiger partial charge in [-0.25, -0.2) is 0 Å². The normalized spacial score (nSPS) is 26.2. The van der Waals surface area contributed by atoms with Crippen LogP contribution < -0.4 is 5.73 Å². The lowest BCUT2D eigenvalue weighted by Gasteiger charge is -2.14. The lowest BCUT2D eigenvalue weighted by atomic mass is 9.91. The minimum absolute atomic E-state index is 0.0326. The number of nitrogens with two attached hydrogens (primary N) is 1. The third-order valence-corrected chi connectivity index (χ3v) is 4.32. The zero-order valence-electron chi connectivity index (χ0n) is 13.0. The van der Waals surface area contributed by atoms with Crippen LogP contribution in [0.1, 0.15) is 30.7 Å². The second-order valence-electron chi connectivity index (χ2n) is 6.18. The molecule has 0 spiro atoms. The number of benzene rings is 1. The van der Waals surface area contributed by atoms with Crippen LogP contribution in [0.15, 0.2) is 47.0 Å². The molecule has 1 fully saturated rings. The summed E-state index contributed by atoms with van der Waals surface area (Å²) in [6.45, 7) is 0. The van der Waals surface area contributed by atoms with E-state index < -0.39 is 12.0 Å². The van der Waals surface area contributed by atoms with Gasteiger partial charge in [0.1, 0.15) is 11.8 Å². The van der Waals surface area contributed by atoms with E-state index in [1.807, 2.05) is 30.3 Å². The van der Waals surface area contributed by atoms with Crippen molar-refractivity contribution < 1.29 is 19.5 Å². The fourth-order valence-corrected chi connectivity index (χ4v) is 2.84. The van der Waals surface area contributed by atoms with Crippen LogP contribution in [-0.4, -0.2) is 40.4 Å². The average molecular weight is 326 g/mol. The first-order valence-corrected chi connectivity index (χ1v) is 7.84. The van der Waals surface area contributed by atoms with Gasteiger partial charge in [0, 0.05) is 12.3 Å². The molecule has 3 unspecified atom stereocenters. The largest absolute Gasteiger partial charge is 0.480 e. The van der Waals surface area contributed by atoms with Gasteiger partial charge in [0.15, 0.2) is 11.6 Å². The number of allylic oxidation sites excluding steroid dienone is 1. The zero-order chi connectivity index (χ0) is 17.3. The van der Waals surface area contributed by atoms with Crippen molar-refractivity contribution in [2.24, 2.45) is 10.7 Å². The van der Waals surface area contributed by atoms with Gasteiger partial charge < -0.3 is 10.8 Å². The number of hydrogen-bond acceptors (Lipinski definition) is 5. The van der Waals surface area contributed by atoms with Crippen LogP contribution in [0.3, 0.4) is 0 Å². The number of carbonyl (C=O) groups excluding carboxylic acids is 2. The van der Waals surface area contributed by atoms with Crippen LogP contribution in [0, 0.1) is 0 Å². The van der Waals surface area contributed by atoms with Crippen molar-refractivity contribution in [3.05, 3.63) is 47.5 Å². The molecule has 3 rings (SSSR count). The SMILES string of the molecule is NC(CC1=CC(=NC2CC2c2ccccc2)C(=O)CC1=O)C(=O)O. The molecule has 6 nitrogen and oxygen atoms in total. The van der Waals surface area contributed by atoms with E-state index in [0.717, 1.165) is 6.42 Å². The van der Waals surface area contributed by atoms with Crippen LogP contribution in [0.2, 0.25) is 0 Å². The zero-order valence-corrected chi connectivity index (χ0v) is 13.0. The molecule has 1 aromatic carbocycles. The molecule has 24 heavy (non-hydrogen) atoms. The smallest absolute Gasteiger partial charge is 0.320 e. The van der Waals surface area contributed by atoms with E-state index in [4.69, 9.17) is 10.8 Å². The minimum atomic E-state index is -1.18. The van der Waals surface area contributed by atoms with Crippen molar-refractivity contribution in [2.45, 2.75) is 37.3 Å². The van der Waals surface area contributed by atoms with Gasteiger partial charge >= 0.3 is 5.97 Å². The molecule has 6 heteroatoms. The highest BCUT2D eigenvalue weighted by Crippen LogP contribution is 2.43. The fourth-order valence-electron chi connectivity index (χ4n) is 2.84. The van der Waals surface area contributed by atoms with Crippen LogP contribution in [-0.2, 0) is 14.4 Å². The Hall–Kier alpha value is -2.60. The first kappa shape index (κ1) is 16.3. The maximum atomic E-state index is 12.0. The maximum absolute atomic E-state index is 12.0. The maximum Gasteiger partial charge on any atom is 0.320 e. The minimum Gasteiger partial charge on any atom is -0.480 e. The van der Waals surface area contributed by atoms with Gasteiger partial charge in [-0.05, 0) is 23.6 Å². The Labute approximate surface area is 139 Å². The van der Waals surface area contributed by atoms with Gasteiger partial charge in [-0.1, -0.05) is 30.3 Å². The monoisotopic (exact) mass is 326 g/mol. The van der Waals surface area contributed by atoms with E-state index >= 15 is 0 Å². The molecule has 2 aliphatic carbocycles. The van der Waals surface area contributed by atoms with Gasteiger partial charge in [0.05, 0.1) is 12.5 Å². The number of carboxylic acids is 1. The number of ketones is 2. The standard InChI is InChI=1S/C18H18N2O4/c19-13(18(23)24)6-11-7-15(17(22)9-16(11)21)20-14-8-12(14)10-4-2-1-3-5-10/h1-5,7,12-14H,6,8-9,19H2,(H,23,24). The Morgan fingerprint density at radius 3 is 2.62 bits per heavy atom. The van der Waals surface area contributed by atoms with Crippen LogP contribution in [0.25, 0.3) is 0 Å². The average Bonchev–Trinajstić information content (AvgIpc) is 3.32. The molecular formula is C18H18N2O4. The highest BCUT2D eigenvalue weighted by atomic mass is 16.4. The van der Waals surface area contributed by atoms with Crippen molar-refractivity contribution in [1.29, 1.82) is 0 Å². The van der Waals surface area contributed by atoms with Crippen molar-refractivity contribution >= 4 is 23.2 Å². The third kappa shape index (κ3) is 3.49. The molecule has 0 radical (unpaired) electrons. The molecule has 1 aromatic rings. The van der Waals surface area contributed by atoms with Crippen LogP contribution >= 0.6 is 0 Å². The molecule has 1 saturated carbocycles. The summed E-state index contributed by atoms with van der Waals surface area (Å²) in [5, 5.41) is 8.87. The molecule has 3 N–H and O–H groups in total. The summed E-state index contributed by atoms with van der Waals surface area (Å²) in [7, 11) is 0. The van der Waals surface area contributed by atoms with Gasteiger partial charge in [-0.15, -0.1) is 0 Å². The number of Topliss-reactive ketones (excluding diaryl/α,β-unsaturated/α-hetero) is 2. The van der Waals surface area contributed by atoms with E-state index in [0.29, 0.717) is 5.92 Å². The van der Waals surface area contributed by atoms with Gasteiger partial charge in [0.2, 0.25) is 0 Å². The summed E-state index contributed by atoms with van der Waals surface area (Å²) in [4.78, 5) is 39.3. The Balaban J connectivity index is 1.77. The lowest BCUT2D eigenvalue weighted by molar-refractivity contribution is -0.138. The van der Waals surface area contributed by atoms with E-state index in [-0.39, 0.29) is 41.7 Å². The Kier molecular flexibility index (Phi) is 4.40. The number of rotatable bonds is 5. The number of carbonyl (C=O) groups is 3. The van der Waals surface area contributed by atoms with Crippen molar-refractivity contribution in [1.82, 2.24) is 0 Å². The van der Waals surface area contributed by atoms with E-state index in [2.05, 4.69) is 4.99 Å². The summed E-state index contributed by atoms with van der Waals surface area (Å²) in [5.41, 5.74) is 7.19. The molecule has 0 saturated heterocycles. The Bertz CT molecular complexity index is 752. The number of nitrogens with zero attached hydrogens (tertiary/aromatic N) is 1. The van der Waals surface area contributed by atoms with Gasteiger partial charge in [-0.3, -0.25) is 19.4 Å². The van der Waals surface area contributed by atoms with Crippen LogP contribution in [0.5, 0.6) is 0 Å². The topological polar surface area (TPSA) is 110 Å². The molecule has 2 aliphatic rings. The number of hydrogen-bond donors (Lipinski definition) is 2. The van der Waals surface area contributed by atoms with Crippen LogP contribution in [0.4, 0.5) is 0 Å². The number of aliphatic carboxylic acids is 1. The van der Waals surface area contributed by atoms with E-state index in [9.17, 15) is 14.4 Å². The number of aliphatic imine (C=N–C) groups is 1. The van der Waals surface area contributed by atoms with E-state index in [1.165, 1.54) is 11.6 Å². The Morgan fingerprint density at radius 2 is 1.96 bits per heavy atom. The molecule has 0 aromatic heterocycles. The molecule has 0 heterocycles. The third-order valence-electron chi connectivity index (χ3n) is 4.32. The predicted octanol–water partition coefficient (Wildman–Crippen LogP) is 1.25. The molecule has 0 bridgehead atoms. The van der Waals surface area contributed by atoms with E-state index in [1.54, 1.807) is 0 Å². The summed E-state index contributed by atoms with van der Waals surface area (Å²) in [5.74, 6) is -1.56. The second kappa shape index (κ2) is 6.49.